The van der Waals surface area contributed by atoms with Crippen LogP contribution in [0.5, 0.6) is 5.75 Å². The number of hydrogen-bond acceptors (Lipinski definition) is 3. The Morgan fingerprint density at radius 2 is 1.53 bits per heavy atom. The number of hydrogen-bond donors (Lipinski definition) is 0. The van der Waals surface area contributed by atoms with Crippen LogP contribution < -0.4 is 4.18 Å². The van der Waals surface area contributed by atoms with Crippen molar-refractivity contribution >= 4 is 11.4 Å². The van der Waals surface area contributed by atoms with Gasteiger partial charge in [-0.25, -0.2) is 4.21 Å². The van der Waals surface area contributed by atoms with Crippen LogP contribution in [0.3, 0.4) is 0 Å². The summed E-state index contributed by atoms with van der Waals surface area (Å²) in [6.45, 7) is 5.60. The molecule has 4 N–H and O–H groups in total. The van der Waals surface area contributed by atoms with Crippen LogP contribution in [0.4, 0.5) is 0 Å². The first-order chi connectivity index (χ1) is 6.00. The third-order valence-corrected chi connectivity index (χ3v) is 2.06. The van der Waals surface area contributed by atoms with Crippen LogP contribution in [0.25, 0.3) is 0 Å². The fourth-order valence-corrected chi connectivity index (χ4v) is 1.77. The van der Waals surface area contributed by atoms with Crippen LogP contribution >= 0.6 is 0 Å². The van der Waals surface area contributed by atoms with Gasteiger partial charge in [0.15, 0.2) is 0 Å². The topological polar surface area (TPSA) is 112 Å². The average molecular weight is 235 g/mol. The van der Waals surface area contributed by atoms with Crippen molar-refractivity contribution < 1.29 is 23.9 Å². The van der Waals surface area contributed by atoms with Gasteiger partial charge in [0.05, 0.1) is 0 Å². The summed E-state index contributed by atoms with van der Waals surface area (Å²) in [4.78, 5) is 0. The van der Waals surface area contributed by atoms with Gasteiger partial charge in [-0.3, -0.25) is 0 Å². The van der Waals surface area contributed by atoms with E-state index in [0.29, 0.717) is 5.75 Å². The predicted molar refractivity (Wildman–Crippen MR) is 57.4 cm³/mol. The molecule has 0 aliphatic carbocycles. The fourth-order valence-electron chi connectivity index (χ4n) is 1.37. The molecule has 6 heteroatoms. The van der Waals surface area contributed by atoms with Crippen molar-refractivity contribution in [3.63, 3.8) is 0 Å². The predicted octanol–water partition coefficient (Wildman–Crippen LogP) is 0.135. The summed E-state index contributed by atoms with van der Waals surface area (Å²) >= 11 is -2.49. The van der Waals surface area contributed by atoms with E-state index >= 15 is 0 Å². The zero-order valence-corrected chi connectivity index (χ0v) is 9.60. The Morgan fingerprint density at radius 3 is 1.87 bits per heavy atom. The van der Waals surface area contributed by atoms with E-state index in [2.05, 4.69) is 4.18 Å². The van der Waals surface area contributed by atoms with Crippen molar-refractivity contribution in [1.82, 2.24) is 0 Å². The quantitative estimate of drug-likeness (QED) is 0.679. The maximum Gasteiger partial charge on any atom is 0.145 e. The molecule has 1 unspecified atom stereocenters. The zero-order chi connectivity index (χ0) is 10.0. The van der Waals surface area contributed by atoms with E-state index in [1.54, 1.807) is 0 Å². The Morgan fingerprint density at radius 1 is 1.13 bits per heavy atom. The van der Waals surface area contributed by atoms with E-state index in [9.17, 15) is 8.76 Å². The minimum Gasteiger partial charge on any atom is -0.740 e. The van der Waals surface area contributed by atoms with E-state index in [-0.39, 0.29) is 11.0 Å². The summed E-state index contributed by atoms with van der Waals surface area (Å²) in [7, 11) is 0. The first kappa shape index (κ1) is 16.5. The number of aryl methyl sites for hydroxylation is 3. The second-order valence-electron chi connectivity index (χ2n) is 3.02. The molecule has 0 heterocycles. The van der Waals surface area contributed by atoms with Crippen LogP contribution in [0.1, 0.15) is 16.7 Å². The van der Waals surface area contributed by atoms with Crippen molar-refractivity contribution in [2.75, 3.05) is 0 Å². The van der Waals surface area contributed by atoms with E-state index in [1.165, 1.54) is 0 Å². The minimum atomic E-state index is -2.49. The van der Waals surface area contributed by atoms with Gasteiger partial charge in [0.25, 0.3) is 0 Å². The molecule has 0 amide bonds. The molecule has 0 aromatic heterocycles. The van der Waals surface area contributed by atoms with E-state index in [1.807, 2.05) is 32.9 Å². The lowest BCUT2D eigenvalue weighted by molar-refractivity contribution is 0.437. The largest absolute Gasteiger partial charge is 0.740 e. The molecule has 1 aromatic carbocycles. The third-order valence-electron chi connectivity index (χ3n) is 1.76. The van der Waals surface area contributed by atoms with E-state index in [4.69, 9.17) is 0 Å². The normalized spacial score (nSPS) is 10.9. The van der Waals surface area contributed by atoms with Gasteiger partial charge in [-0.2, -0.15) is 0 Å². The van der Waals surface area contributed by atoms with Gasteiger partial charge in [0.2, 0.25) is 0 Å². The Balaban J connectivity index is 0. The maximum absolute atomic E-state index is 10.3. The minimum absolute atomic E-state index is 0. The molecule has 0 spiro atoms. The van der Waals surface area contributed by atoms with Crippen molar-refractivity contribution in [3.8, 4) is 5.75 Å². The molecule has 0 aliphatic rings. The molecule has 1 rings (SSSR count). The van der Waals surface area contributed by atoms with Gasteiger partial charge in [-0.1, -0.05) is 17.7 Å². The van der Waals surface area contributed by atoms with Gasteiger partial charge in [-0.15, -0.1) is 0 Å². The van der Waals surface area contributed by atoms with Crippen molar-refractivity contribution in [2.45, 2.75) is 20.8 Å². The Kier molecular flexibility index (Phi) is 7.16. The molecule has 1 aromatic rings. The smallest absolute Gasteiger partial charge is 0.145 e. The summed E-state index contributed by atoms with van der Waals surface area (Å²) in [5, 5.41) is 0. The average Bonchev–Trinajstić information content (AvgIpc) is 1.96. The van der Waals surface area contributed by atoms with Gasteiger partial charge >= 0.3 is 0 Å². The molecule has 0 saturated carbocycles. The lowest BCUT2D eigenvalue weighted by atomic mass is 10.1. The highest BCUT2D eigenvalue weighted by molar-refractivity contribution is 7.74. The van der Waals surface area contributed by atoms with Crippen molar-refractivity contribution in [3.05, 3.63) is 28.8 Å². The van der Waals surface area contributed by atoms with Crippen molar-refractivity contribution in [2.24, 2.45) is 0 Å². The molecule has 1 atom stereocenters. The van der Waals surface area contributed by atoms with Gasteiger partial charge in [0, 0.05) is 0 Å². The summed E-state index contributed by atoms with van der Waals surface area (Å²) in [5.41, 5.74) is 2.77. The Hall–Kier alpha value is -0.950. The van der Waals surface area contributed by atoms with Gasteiger partial charge in [-0.05, 0) is 31.9 Å². The molecule has 15 heavy (non-hydrogen) atoms. The standard InChI is InChI=1S/C9H12O3S.2H2O/c1-6-4-7(2)9(8(3)5-6)12-13(10)11;;/h4-5H,1-3H3,(H,10,11);2*1H2/p-1. The van der Waals surface area contributed by atoms with Gasteiger partial charge in [0.1, 0.15) is 17.1 Å². The highest BCUT2D eigenvalue weighted by Crippen LogP contribution is 2.24. The van der Waals surface area contributed by atoms with Crippen LogP contribution in [-0.2, 0) is 11.4 Å². The molecule has 0 radical (unpaired) electrons. The molecule has 0 fully saturated rings. The SMILES string of the molecule is Cc1cc(C)c(OS(=O)[O-])c(C)c1.O.O. The highest BCUT2D eigenvalue weighted by atomic mass is 32.2. The zero-order valence-electron chi connectivity index (χ0n) is 8.79. The van der Waals surface area contributed by atoms with Crippen LogP contribution in [-0.4, -0.2) is 19.7 Å². The van der Waals surface area contributed by atoms with Crippen molar-refractivity contribution in [1.29, 1.82) is 0 Å². The maximum atomic E-state index is 10.3. The molecule has 5 nitrogen and oxygen atoms in total. The first-order valence-corrected chi connectivity index (χ1v) is 4.86. The molecular formula is C9H15O5S-. The van der Waals surface area contributed by atoms with Gasteiger partial charge < -0.3 is 19.7 Å². The summed E-state index contributed by atoms with van der Waals surface area (Å²) in [5.74, 6) is 0.430. The Bertz CT molecular complexity index is 327. The first-order valence-electron chi connectivity index (χ1n) is 3.86. The third kappa shape index (κ3) is 4.39. The monoisotopic (exact) mass is 235 g/mol. The highest BCUT2D eigenvalue weighted by Gasteiger charge is 2.04. The van der Waals surface area contributed by atoms with E-state index in [0.717, 1.165) is 16.7 Å². The lowest BCUT2D eigenvalue weighted by Crippen LogP contribution is -2.01. The number of benzene rings is 1. The summed E-state index contributed by atoms with van der Waals surface area (Å²) < 4.78 is 25.3. The van der Waals surface area contributed by atoms with E-state index < -0.39 is 11.4 Å². The fraction of sp³-hybridized carbons (Fsp3) is 0.333. The lowest BCUT2D eigenvalue weighted by Gasteiger charge is -2.13. The van der Waals surface area contributed by atoms with Crippen LogP contribution in [0, 0.1) is 20.8 Å². The molecule has 0 bridgehead atoms. The molecule has 0 saturated heterocycles. The van der Waals surface area contributed by atoms with Crippen LogP contribution in [0.15, 0.2) is 12.1 Å². The second kappa shape index (κ2) is 6.52. The molecule has 0 aliphatic heterocycles. The molecular weight excluding hydrogens is 220 g/mol. The number of rotatable bonds is 2. The summed E-state index contributed by atoms with van der Waals surface area (Å²) in [6, 6.07) is 3.77. The van der Waals surface area contributed by atoms with Crippen LogP contribution in [0.2, 0.25) is 0 Å². The molecule has 88 valence electrons. The second-order valence-corrected chi connectivity index (χ2v) is 3.59. The summed E-state index contributed by atoms with van der Waals surface area (Å²) in [6.07, 6.45) is 0. The Labute approximate surface area is 91.2 Å².